The summed E-state index contributed by atoms with van der Waals surface area (Å²) < 4.78 is 10.8. The van der Waals surface area contributed by atoms with Gasteiger partial charge in [-0.15, -0.1) is 0 Å². The maximum atomic E-state index is 12.3. The van der Waals surface area contributed by atoms with Gasteiger partial charge in [0.25, 0.3) is 0 Å². The SMILES string of the molecule is COc1ccc2c(=O)c3c(Cl)cccc3oc2c1. The highest BCUT2D eigenvalue weighted by Crippen LogP contribution is 2.26. The molecule has 18 heavy (non-hydrogen) atoms. The molecule has 3 aromatic rings. The van der Waals surface area contributed by atoms with Crippen LogP contribution in [0.2, 0.25) is 5.02 Å². The van der Waals surface area contributed by atoms with Crippen LogP contribution in [0.3, 0.4) is 0 Å². The van der Waals surface area contributed by atoms with Crippen LogP contribution in [0.15, 0.2) is 45.6 Å². The molecule has 1 heterocycles. The molecule has 0 radical (unpaired) electrons. The van der Waals surface area contributed by atoms with Crippen molar-refractivity contribution >= 4 is 33.5 Å². The second-order valence-electron chi connectivity index (χ2n) is 3.91. The molecular weight excluding hydrogens is 252 g/mol. The van der Waals surface area contributed by atoms with Crippen molar-refractivity contribution in [3.8, 4) is 5.75 Å². The standard InChI is InChI=1S/C14H9ClO3/c1-17-8-5-6-9-12(7-8)18-11-4-2-3-10(15)13(11)14(9)16/h2-7H,1H3. The van der Waals surface area contributed by atoms with Gasteiger partial charge in [-0.25, -0.2) is 0 Å². The Kier molecular flexibility index (Phi) is 2.49. The smallest absolute Gasteiger partial charge is 0.202 e. The summed E-state index contributed by atoms with van der Waals surface area (Å²) in [7, 11) is 1.57. The van der Waals surface area contributed by atoms with Crippen molar-refractivity contribution in [2.75, 3.05) is 7.11 Å². The predicted octanol–water partition coefficient (Wildman–Crippen LogP) is 3.61. The number of ether oxygens (including phenoxy) is 1. The Labute approximate surface area is 108 Å². The number of rotatable bonds is 1. The number of benzene rings is 2. The van der Waals surface area contributed by atoms with E-state index in [1.54, 1.807) is 43.5 Å². The van der Waals surface area contributed by atoms with Gasteiger partial charge in [-0.3, -0.25) is 4.79 Å². The topological polar surface area (TPSA) is 39.4 Å². The molecule has 0 saturated heterocycles. The molecule has 1 aromatic heterocycles. The van der Waals surface area contributed by atoms with E-state index in [4.69, 9.17) is 20.8 Å². The first-order chi connectivity index (χ1) is 8.70. The molecule has 0 atom stereocenters. The molecule has 3 nitrogen and oxygen atoms in total. The van der Waals surface area contributed by atoms with Crippen molar-refractivity contribution < 1.29 is 9.15 Å². The Bertz CT molecular complexity index is 805. The average molecular weight is 261 g/mol. The van der Waals surface area contributed by atoms with E-state index < -0.39 is 0 Å². The Morgan fingerprint density at radius 3 is 2.78 bits per heavy atom. The molecule has 0 saturated carbocycles. The Hall–Kier alpha value is -2.00. The van der Waals surface area contributed by atoms with Crippen LogP contribution in [-0.4, -0.2) is 7.11 Å². The molecule has 0 bridgehead atoms. The van der Waals surface area contributed by atoms with E-state index >= 15 is 0 Å². The highest BCUT2D eigenvalue weighted by Gasteiger charge is 2.10. The van der Waals surface area contributed by atoms with Crippen LogP contribution in [0.5, 0.6) is 5.75 Å². The number of methoxy groups -OCH3 is 1. The number of hydrogen-bond donors (Lipinski definition) is 0. The van der Waals surface area contributed by atoms with Crippen LogP contribution in [0.25, 0.3) is 21.9 Å². The van der Waals surface area contributed by atoms with Crippen LogP contribution in [-0.2, 0) is 0 Å². The van der Waals surface area contributed by atoms with Crippen LogP contribution in [0.1, 0.15) is 0 Å². The second kappa shape index (κ2) is 4.03. The summed E-state index contributed by atoms with van der Waals surface area (Å²) in [6.45, 7) is 0. The highest BCUT2D eigenvalue weighted by molar-refractivity contribution is 6.35. The van der Waals surface area contributed by atoms with E-state index in [-0.39, 0.29) is 5.43 Å². The van der Waals surface area contributed by atoms with Gasteiger partial charge >= 0.3 is 0 Å². The highest BCUT2D eigenvalue weighted by atomic mass is 35.5. The minimum absolute atomic E-state index is 0.125. The van der Waals surface area contributed by atoms with Gasteiger partial charge in [-0.1, -0.05) is 17.7 Å². The lowest BCUT2D eigenvalue weighted by Gasteiger charge is -2.04. The van der Waals surface area contributed by atoms with Crippen molar-refractivity contribution in [3.05, 3.63) is 51.6 Å². The number of fused-ring (bicyclic) bond motifs is 2. The fourth-order valence-corrected chi connectivity index (χ4v) is 2.22. The molecule has 0 aliphatic carbocycles. The van der Waals surface area contributed by atoms with E-state index in [1.165, 1.54) is 0 Å². The third-order valence-corrected chi connectivity index (χ3v) is 3.17. The second-order valence-corrected chi connectivity index (χ2v) is 4.31. The van der Waals surface area contributed by atoms with Crippen molar-refractivity contribution in [3.63, 3.8) is 0 Å². The van der Waals surface area contributed by atoms with Gasteiger partial charge in [0, 0.05) is 6.07 Å². The van der Waals surface area contributed by atoms with E-state index in [0.717, 1.165) is 0 Å². The van der Waals surface area contributed by atoms with Gasteiger partial charge in [0.1, 0.15) is 16.9 Å². The molecule has 4 heteroatoms. The largest absolute Gasteiger partial charge is 0.497 e. The van der Waals surface area contributed by atoms with Crippen molar-refractivity contribution in [1.29, 1.82) is 0 Å². The molecule has 3 rings (SSSR count). The predicted molar refractivity (Wildman–Crippen MR) is 71.6 cm³/mol. The van der Waals surface area contributed by atoms with Gasteiger partial charge in [0.2, 0.25) is 5.43 Å². The van der Waals surface area contributed by atoms with Crippen molar-refractivity contribution in [2.24, 2.45) is 0 Å². The number of halogens is 1. The van der Waals surface area contributed by atoms with Crippen LogP contribution in [0, 0.1) is 0 Å². The molecular formula is C14H9ClO3. The molecule has 0 fully saturated rings. The molecule has 0 amide bonds. The van der Waals surface area contributed by atoms with Crippen molar-refractivity contribution in [2.45, 2.75) is 0 Å². The minimum atomic E-state index is -0.125. The summed E-state index contributed by atoms with van der Waals surface area (Å²) in [5.41, 5.74) is 0.849. The monoisotopic (exact) mass is 260 g/mol. The molecule has 0 N–H and O–H groups in total. The Balaban J connectivity index is 2.52. The molecule has 0 spiro atoms. The zero-order valence-corrected chi connectivity index (χ0v) is 10.3. The van der Waals surface area contributed by atoms with Crippen LogP contribution < -0.4 is 10.2 Å². The average Bonchev–Trinajstić information content (AvgIpc) is 2.38. The van der Waals surface area contributed by atoms with Gasteiger partial charge < -0.3 is 9.15 Å². The third kappa shape index (κ3) is 1.56. The maximum absolute atomic E-state index is 12.3. The van der Waals surface area contributed by atoms with E-state index in [1.807, 2.05) is 0 Å². The lowest BCUT2D eigenvalue weighted by atomic mass is 10.1. The molecule has 0 unspecified atom stereocenters. The zero-order chi connectivity index (χ0) is 12.7. The number of hydrogen-bond acceptors (Lipinski definition) is 3. The Morgan fingerprint density at radius 2 is 2.00 bits per heavy atom. The Morgan fingerprint density at radius 1 is 1.17 bits per heavy atom. The molecule has 2 aromatic carbocycles. The quantitative estimate of drug-likeness (QED) is 0.628. The van der Waals surface area contributed by atoms with Crippen molar-refractivity contribution in [1.82, 2.24) is 0 Å². The summed E-state index contributed by atoms with van der Waals surface area (Å²) in [5.74, 6) is 0.645. The first kappa shape index (κ1) is 11.1. The van der Waals surface area contributed by atoms with E-state index in [2.05, 4.69) is 0 Å². The summed E-state index contributed by atoms with van der Waals surface area (Å²) in [6, 6.07) is 10.2. The lowest BCUT2D eigenvalue weighted by Crippen LogP contribution is -2.02. The van der Waals surface area contributed by atoms with Gasteiger partial charge in [-0.05, 0) is 24.3 Å². The van der Waals surface area contributed by atoms with E-state index in [0.29, 0.717) is 32.7 Å². The van der Waals surface area contributed by atoms with E-state index in [9.17, 15) is 4.79 Å². The van der Waals surface area contributed by atoms with Gasteiger partial charge in [0.15, 0.2) is 0 Å². The molecule has 0 aliphatic heterocycles. The third-order valence-electron chi connectivity index (χ3n) is 2.86. The normalized spacial score (nSPS) is 11.0. The summed E-state index contributed by atoms with van der Waals surface area (Å²) in [4.78, 5) is 12.3. The molecule has 90 valence electrons. The van der Waals surface area contributed by atoms with Gasteiger partial charge in [-0.2, -0.15) is 0 Å². The fourth-order valence-electron chi connectivity index (χ4n) is 1.96. The first-order valence-corrected chi connectivity index (χ1v) is 5.77. The lowest BCUT2D eigenvalue weighted by molar-refractivity contribution is 0.414. The fraction of sp³-hybridized carbons (Fsp3) is 0.0714. The van der Waals surface area contributed by atoms with Gasteiger partial charge in [0.05, 0.1) is 22.9 Å². The van der Waals surface area contributed by atoms with Crippen LogP contribution in [0.4, 0.5) is 0 Å². The zero-order valence-electron chi connectivity index (χ0n) is 9.57. The summed E-state index contributed by atoms with van der Waals surface area (Å²) in [5, 5.41) is 1.31. The molecule has 0 aliphatic rings. The maximum Gasteiger partial charge on any atom is 0.202 e. The summed E-state index contributed by atoms with van der Waals surface area (Å²) >= 11 is 6.04. The summed E-state index contributed by atoms with van der Waals surface area (Å²) in [6.07, 6.45) is 0. The van der Waals surface area contributed by atoms with Crippen LogP contribution >= 0.6 is 11.6 Å². The first-order valence-electron chi connectivity index (χ1n) is 5.40. The minimum Gasteiger partial charge on any atom is -0.497 e.